The van der Waals surface area contributed by atoms with Gasteiger partial charge in [-0.1, -0.05) is 18.9 Å². The number of rotatable bonds is 3. The van der Waals surface area contributed by atoms with Crippen LogP contribution in [0.2, 0.25) is 0 Å². The number of urea groups is 1. The van der Waals surface area contributed by atoms with Crippen molar-refractivity contribution in [3.63, 3.8) is 0 Å². The molecule has 2 fully saturated rings. The molecule has 2 aromatic heterocycles. The molecule has 0 atom stereocenters. The van der Waals surface area contributed by atoms with Crippen molar-refractivity contribution < 1.29 is 9.53 Å². The van der Waals surface area contributed by atoms with Gasteiger partial charge in [0.05, 0.1) is 25.3 Å². The second-order valence-electron chi connectivity index (χ2n) is 6.64. The van der Waals surface area contributed by atoms with Crippen LogP contribution in [0.15, 0.2) is 24.4 Å². The predicted molar refractivity (Wildman–Crippen MR) is 90.6 cm³/mol. The molecule has 25 heavy (non-hydrogen) atoms. The highest BCUT2D eigenvalue weighted by Crippen LogP contribution is 2.35. The summed E-state index contributed by atoms with van der Waals surface area (Å²) in [5.74, 6) is 1.14. The van der Waals surface area contributed by atoms with Gasteiger partial charge in [0.1, 0.15) is 11.5 Å². The molecule has 2 aromatic rings. The number of nitrogens with zero attached hydrogens (tertiary/aromatic N) is 4. The largest absolute Gasteiger partial charge is 0.371 e. The van der Waals surface area contributed by atoms with Gasteiger partial charge in [0, 0.05) is 12.7 Å². The molecule has 2 N–H and O–H groups in total. The lowest BCUT2D eigenvalue weighted by Gasteiger charge is -2.40. The Balaban J connectivity index is 1.34. The molecule has 1 aliphatic heterocycles. The summed E-state index contributed by atoms with van der Waals surface area (Å²) in [5, 5.41) is 9.92. The van der Waals surface area contributed by atoms with Crippen LogP contribution in [-0.2, 0) is 11.3 Å². The van der Waals surface area contributed by atoms with E-state index in [0.717, 1.165) is 12.8 Å². The average molecular weight is 342 g/mol. The van der Waals surface area contributed by atoms with Crippen molar-refractivity contribution in [2.45, 2.75) is 37.8 Å². The minimum atomic E-state index is -0.117. The van der Waals surface area contributed by atoms with Crippen molar-refractivity contribution in [1.82, 2.24) is 30.4 Å². The van der Waals surface area contributed by atoms with Crippen LogP contribution in [0.25, 0.3) is 11.5 Å². The molecule has 0 bridgehead atoms. The number of amides is 2. The molecule has 0 radical (unpaired) electrons. The molecule has 1 spiro atoms. The first-order valence-corrected chi connectivity index (χ1v) is 8.74. The number of hydrogen-bond acceptors (Lipinski definition) is 5. The molecule has 0 aromatic carbocycles. The molecule has 132 valence electrons. The van der Waals surface area contributed by atoms with E-state index in [1.54, 1.807) is 6.20 Å². The van der Waals surface area contributed by atoms with Gasteiger partial charge in [-0.15, -0.1) is 0 Å². The Morgan fingerprint density at radius 1 is 1.36 bits per heavy atom. The summed E-state index contributed by atoms with van der Waals surface area (Å²) < 4.78 is 5.96. The van der Waals surface area contributed by atoms with Gasteiger partial charge >= 0.3 is 6.03 Å². The van der Waals surface area contributed by atoms with E-state index in [1.165, 1.54) is 12.8 Å². The van der Waals surface area contributed by atoms with E-state index in [1.807, 2.05) is 23.1 Å². The van der Waals surface area contributed by atoms with Crippen LogP contribution in [0.1, 0.15) is 31.5 Å². The van der Waals surface area contributed by atoms with E-state index in [2.05, 4.69) is 25.5 Å². The lowest BCUT2D eigenvalue weighted by Crippen LogP contribution is -2.54. The molecule has 1 saturated heterocycles. The Labute approximate surface area is 146 Å². The number of ether oxygens (including phenoxy) is 1. The smallest absolute Gasteiger partial charge is 0.317 e. The van der Waals surface area contributed by atoms with E-state index in [9.17, 15) is 4.79 Å². The Morgan fingerprint density at radius 3 is 3.04 bits per heavy atom. The number of aromatic amines is 1. The third-order valence-corrected chi connectivity index (χ3v) is 4.88. The molecule has 3 heterocycles. The van der Waals surface area contributed by atoms with E-state index < -0.39 is 0 Å². The number of nitrogens with one attached hydrogen (secondary N) is 2. The zero-order valence-corrected chi connectivity index (χ0v) is 14.1. The summed E-state index contributed by atoms with van der Waals surface area (Å²) in [6.45, 7) is 2.22. The Bertz CT molecular complexity index is 726. The fourth-order valence-corrected chi connectivity index (χ4v) is 3.60. The highest BCUT2D eigenvalue weighted by Gasteiger charge is 2.40. The fraction of sp³-hybridized carbons (Fsp3) is 0.529. The van der Waals surface area contributed by atoms with Crippen LogP contribution >= 0.6 is 0 Å². The zero-order valence-electron chi connectivity index (χ0n) is 14.1. The number of aromatic nitrogens is 4. The minimum Gasteiger partial charge on any atom is -0.371 e. The monoisotopic (exact) mass is 342 g/mol. The standard InChI is InChI=1S/C17H22N6O2/c24-16(23-9-10-25-17(12-23)6-2-3-7-17)19-11-14-20-15(22-21-14)13-5-1-4-8-18-13/h1,4-5,8H,2-3,6-7,9-12H2,(H,19,24)(H,20,21,22). The summed E-state index contributed by atoms with van der Waals surface area (Å²) in [7, 11) is 0. The molecular formula is C17H22N6O2. The zero-order chi connectivity index (χ0) is 17.1. The quantitative estimate of drug-likeness (QED) is 0.885. The number of H-pyrrole nitrogens is 1. The van der Waals surface area contributed by atoms with Crippen molar-refractivity contribution in [3.05, 3.63) is 30.2 Å². The average Bonchev–Trinajstić information content (AvgIpc) is 3.30. The van der Waals surface area contributed by atoms with E-state index >= 15 is 0 Å². The summed E-state index contributed by atoms with van der Waals surface area (Å²) in [6, 6.07) is 5.50. The van der Waals surface area contributed by atoms with Crippen molar-refractivity contribution in [2.75, 3.05) is 19.7 Å². The van der Waals surface area contributed by atoms with Crippen LogP contribution in [0.3, 0.4) is 0 Å². The normalized spacial score (nSPS) is 19.3. The van der Waals surface area contributed by atoms with Gasteiger partial charge in [0.2, 0.25) is 0 Å². The maximum Gasteiger partial charge on any atom is 0.317 e. The van der Waals surface area contributed by atoms with E-state index in [0.29, 0.717) is 43.6 Å². The minimum absolute atomic E-state index is 0.0784. The van der Waals surface area contributed by atoms with Crippen molar-refractivity contribution in [2.24, 2.45) is 0 Å². The molecule has 8 nitrogen and oxygen atoms in total. The van der Waals surface area contributed by atoms with Gasteiger partial charge in [-0.05, 0) is 25.0 Å². The molecule has 0 unspecified atom stereocenters. The topological polar surface area (TPSA) is 96.0 Å². The van der Waals surface area contributed by atoms with Crippen LogP contribution in [0.4, 0.5) is 4.79 Å². The first-order valence-electron chi connectivity index (χ1n) is 8.74. The molecule has 4 rings (SSSR count). The SMILES string of the molecule is O=C(NCc1nc(-c2ccccn2)n[nH]1)N1CCOC2(CCCC2)C1. The highest BCUT2D eigenvalue weighted by molar-refractivity contribution is 5.74. The molecule has 8 heteroatoms. The number of hydrogen-bond donors (Lipinski definition) is 2. The molecular weight excluding hydrogens is 320 g/mol. The van der Waals surface area contributed by atoms with Crippen molar-refractivity contribution >= 4 is 6.03 Å². The second kappa shape index (κ2) is 6.79. The maximum absolute atomic E-state index is 12.5. The third-order valence-electron chi connectivity index (χ3n) is 4.88. The van der Waals surface area contributed by atoms with Gasteiger partial charge in [-0.25, -0.2) is 9.78 Å². The molecule has 2 amide bonds. The van der Waals surface area contributed by atoms with Crippen molar-refractivity contribution in [3.8, 4) is 11.5 Å². The van der Waals surface area contributed by atoms with Gasteiger partial charge in [0.25, 0.3) is 0 Å². The Hall–Kier alpha value is -2.48. The predicted octanol–water partition coefficient (Wildman–Crippen LogP) is 1.72. The molecule has 1 saturated carbocycles. The summed E-state index contributed by atoms with van der Waals surface area (Å²) >= 11 is 0. The highest BCUT2D eigenvalue weighted by atomic mass is 16.5. The number of carbonyl (C=O) groups excluding carboxylic acids is 1. The van der Waals surface area contributed by atoms with Gasteiger partial charge in [-0.3, -0.25) is 10.1 Å². The number of pyridine rings is 1. The second-order valence-corrected chi connectivity index (χ2v) is 6.64. The molecule has 2 aliphatic rings. The van der Waals surface area contributed by atoms with E-state index in [4.69, 9.17) is 4.74 Å². The summed E-state index contributed by atoms with van der Waals surface area (Å²) in [6.07, 6.45) is 6.16. The van der Waals surface area contributed by atoms with Crippen LogP contribution < -0.4 is 5.32 Å². The lowest BCUT2D eigenvalue weighted by atomic mass is 10.00. The van der Waals surface area contributed by atoms with Crippen LogP contribution in [0.5, 0.6) is 0 Å². The number of carbonyl (C=O) groups is 1. The van der Waals surface area contributed by atoms with Crippen LogP contribution in [0, 0.1) is 0 Å². The van der Waals surface area contributed by atoms with E-state index in [-0.39, 0.29) is 11.6 Å². The van der Waals surface area contributed by atoms with Crippen molar-refractivity contribution in [1.29, 1.82) is 0 Å². The maximum atomic E-state index is 12.5. The number of morpholine rings is 1. The van der Waals surface area contributed by atoms with Gasteiger partial charge in [-0.2, -0.15) is 5.10 Å². The first-order chi connectivity index (χ1) is 12.2. The van der Waals surface area contributed by atoms with Crippen LogP contribution in [-0.4, -0.2) is 56.4 Å². The Kier molecular flexibility index (Phi) is 4.35. The third kappa shape index (κ3) is 3.48. The summed E-state index contributed by atoms with van der Waals surface area (Å²) in [4.78, 5) is 22.9. The lowest BCUT2D eigenvalue weighted by molar-refractivity contribution is -0.0925. The first kappa shape index (κ1) is 16.0. The Morgan fingerprint density at radius 2 is 2.24 bits per heavy atom. The fourth-order valence-electron chi connectivity index (χ4n) is 3.60. The van der Waals surface area contributed by atoms with Gasteiger partial charge in [0.15, 0.2) is 5.82 Å². The summed E-state index contributed by atoms with van der Waals surface area (Å²) in [5.41, 5.74) is 0.584. The molecule has 1 aliphatic carbocycles. The van der Waals surface area contributed by atoms with Gasteiger partial charge < -0.3 is 15.0 Å².